The summed E-state index contributed by atoms with van der Waals surface area (Å²) in [5.41, 5.74) is 2.82. The van der Waals surface area contributed by atoms with Gasteiger partial charge in [-0.3, -0.25) is 9.59 Å². The zero-order valence-electron chi connectivity index (χ0n) is 17.3. The van der Waals surface area contributed by atoms with Crippen molar-refractivity contribution in [2.75, 3.05) is 13.1 Å². The number of rotatable bonds is 6. The van der Waals surface area contributed by atoms with Crippen LogP contribution < -0.4 is 5.32 Å². The third kappa shape index (κ3) is 5.56. The highest BCUT2D eigenvalue weighted by Gasteiger charge is 2.24. The van der Waals surface area contributed by atoms with Crippen LogP contribution in [-0.4, -0.2) is 40.4 Å². The number of likely N-dealkylation sites (tertiary alicyclic amines) is 1. The Labute approximate surface area is 187 Å². The van der Waals surface area contributed by atoms with Crippen LogP contribution in [0.5, 0.6) is 0 Å². The van der Waals surface area contributed by atoms with Crippen LogP contribution in [0.1, 0.15) is 35.2 Å². The van der Waals surface area contributed by atoms with E-state index in [0.29, 0.717) is 36.5 Å². The summed E-state index contributed by atoms with van der Waals surface area (Å²) >= 11 is 5.90. The van der Waals surface area contributed by atoms with Crippen LogP contribution in [0, 0.1) is 0 Å². The fourth-order valence-electron chi connectivity index (χ4n) is 3.90. The number of nitrogens with one attached hydrogen (secondary N) is 1. The van der Waals surface area contributed by atoms with Gasteiger partial charge in [0.1, 0.15) is 0 Å². The fraction of sp³-hybridized carbons (Fsp3) is 0.280. The van der Waals surface area contributed by atoms with Crippen molar-refractivity contribution in [1.82, 2.24) is 14.8 Å². The first-order valence-electron chi connectivity index (χ1n) is 10.6. The van der Waals surface area contributed by atoms with E-state index in [0.717, 1.165) is 24.1 Å². The molecule has 3 aromatic rings. The average Bonchev–Trinajstić information content (AvgIpc) is 3.34. The minimum Gasteiger partial charge on any atom is -0.353 e. The summed E-state index contributed by atoms with van der Waals surface area (Å²) in [5.74, 6) is 0.104. The highest BCUT2D eigenvalue weighted by atomic mass is 35.5. The summed E-state index contributed by atoms with van der Waals surface area (Å²) in [5, 5.41) is 3.82. The zero-order valence-corrected chi connectivity index (χ0v) is 18.1. The SMILES string of the molecule is O=C(CCc1ccc(Cl)cc1)NC1CCN(C(=O)c2ccc(-n3cccc3)cc2)CC1. The van der Waals surface area contributed by atoms with Gasteiger partial charge < -0.3 is 14.8 Å². The molecule has 2 aromatic carbocycles. The van der Waals surface area contributed by atoms with E-state index in [-0.39, 0.29) is 17.9 Å². The molecule has 1 aliphatic rings. The lowest BCUT2D eigenvalue weighted by molar-refractivity contribution is -0.122. The standard InChI is InChI=1S/C25H26ClN3O2/c26-21-8-3-19(4-9-21)5-12-24(30)27-22-13-17-29(18-14-22)25(31)20-6-10-23(11-7-20)28-15-1-2-16-28/h1-4,6-11,15-16,22H,5,12-14,17-18H2,(H,27,30). The van der Waals surface area contributed by atoms with Crippen molar-refractivity contribution >= 4 is 23.4 Å². The Kier molecular flexibility index (Phi) is 6.73. The van der Waals surface area contributed by atoms with Gasteiger partial charge in [0.15, 0.2) is 0 Å². The van der Waals surface area contributed by atoms with Crippen LogP contribution in [0.4, 0.5) is 0 Å². The van der Waals surface area contributed by atoms with Crippen molar-refractivity contribution < 1.29 is 9.59 Å². The first kappa shape index (κ1) is 21.2. The maximum absolute atomic E-state index is 12.8. The van der Waals surface area contributed by atoms with E-state index >= 15 is 0 Å². The number of amides is 2. The normalized spacial score (nSPS) is 14.4. The first-order valence-corrected chi connectivity index (χ1v) is 11.0. The quantitative estimate of drug-likeness (QED) is 0.620. The number of carbonyl (C=O) groups excluding carboxylic acids is 2. The molecule has 0 spiro atoms. The maximum atomic E-state index is 12.8. The smallest absolute Gasteiger partial charge is 0.253 e. The number of nitrogens with zero attached hydrogens (tertiary/aromatic N) is 2. The summed E-state index contributed by atoms with van der Waals surface area (Å²) in [6, 6.07) is 19.3. The number of hydrogen-bond donors (Lipinski definition) is 1. The van der Waals surface area contributed by atoms with E-state index in [1.165, 1.54) is 0 Å². The molecule has 0 saturated carbocycles. The van der Waals surface area contributed by atoms with Gasteiger partial charge in [0.2, 0.25) is 5.91 Å². The molecule has 0 unspecified atom stereocenters. The Hall–Kier alpha value is -3.05. The van der Waals surface area contributed by atoms with Gasteiger partial charge in [0.05, 0.1) is 0 Å². The topological polar surface area (TPSA) is 54.3 Å². The Morgan fingerprint density at radius 2 is 1.58 bits per heavy atom. The van der Waals surface area contributed by atoms with Crippen LogP contribution in [-0.2, 0) is 11.2 Å². The summed E-state index contributed by atoms with van der Waals surface area (Å²) in [6.45, 7) is 1.31. The molecule has 160 valence electrons. The van der Waals surface area contributed by atoms with Crippen LogP contribution in [0.2, 0.25) is 5.02 Å². The minimum atomic E-state index is 0.0478. The molecule has 1 fully saturated rings. The summed E-state index contributed by atoms with van der Waals surface area (Å²) in [6.07, 6.45) is 6.66. The lowest BCUT2D eigenvalue weighted by Crippen LogP contribution is -2.46. The van der Waals surface area contributed by atoms with E-state index < -0.39 is 0 Å². The Morgan fingerprint density at radius 1 is 0.935 bits per heavy atom. The number of benzene rings is 2. The third-order valence-corrected chi connectivity index (χ3v) is 5.97. The van der Waals surface area contributed by atoms with E-state index in [1.54, 1.807) is 0 Å². The molecule has 5 nitrogen and oxygen atoms in total. The molecule has 2 heterocycles. The molecule has 4 rings (SSSR count). The fourth-order valence-corrected chi connectivity index (χ4v) is 4.03. The summed E-state index contributed by atoms with van der Waals surface area (Å²) in [7, 11) is 0. The summed E-state index contributed by atoms with van der Waals surface area (Å²) in [4.78, 5) is 27.0. The number of halogens is 1. The van der Waals surface area contributed by atoms with E-state index in [9.17, 15) is 9.59 Å². The van der Waals surface area contributed by atoms with Crippen LogP contribution in [0.15, 0.2) is 73.1 Å². The third-order valence-electron chi connectivity index (χ3n) is 5.72. The van der Waals surface area contributed by atoms with Gasteiger partial charge >= 0.3 is 0 Å². The first-order chi connectivity index (χ1) is 15.1. The minimum absolute atomic E-state index is 0.0478. The van der Waals surface area contributed by atoms with E-state index in [2.05, 4.69) is 5.32 Å². The number of aromatic nitrogens is 1. The maximum Gasteiger partial charge on any atom is 0.253 e. The second-order valence-electron chi connectivity index (χ2n) is 7.90. The molecule has 1 saturated heterocycles. The second kappa shape index (κ2) is 9.84. The molecular weight excluding hydrogens is 410 g/mol. The molecule has 1 aliphatic heterocycles. The second-order valence-corrected chi connectivity index (χ2v) is 8.33. The summed E-state index contributed by atoms with van der Waals surface area (Å²) < 4.78 is 2.01. The van der Waals surface area contributed by atoms with Crippen LogP contribution in [0.25, 0.3) is 5.69 Å². The van der Waals surface area contributed by atoms with Crippen molar-refractivity contribution in [1.29, 1.82) is 0 Å². The van der Waals surface area contributed by atoms with Crippen LogP contribution >= 0.6 is 11.6 Å². The van der Waals surface area contributed by atoms with Gasteiger partial charge in [0.25, 0.3) is 5.91 Å². The highest BCUT2D eigenvalue weighted by molar-refractivity contribution is 6.30. The van der Waals surface area contributed by atoms with Gasteiger partial charge in [0, 0.05) is 54.2 Å². The number of hydrogen-bond acceptors (Lipinski definition) is 2. The molecule has 1 N–H and O–H groups in total. The van der Waals surface area contributed by atoms with Gasteiger partial charge in [-0.25, -0.2) is 0 Å². The molecule has 0 radical (unpaired) electrons. The Balaban J connectivity index is 1.23. The van der Waals surface area contributed by atoms with Crippen molar-refractivity contribution in [3.63, 3.8) is 0 Å². The molecule has 31 heavy (non-hydrogen) atoms. The van der Waals surface area contributed by atoms with E-state index in [1.807, 2.05) is 82.5 Å². The van der Waals surface area contributed by atoms with E-state index in [4.69, 9.17) is 11.6 Å². The molecule has 6 heteroatoms. The highest BCUT2D eigenvalue weighted by Crippen LogP contribution is 2.17. The molecule has 1 aromatic heterocycles. The van der Waals surface area contributed by atoms with Gasteiger partial charge in [-0.05, 0) is 73.4 Å². The molecule has 0 aliphatic carbocycles. The van der Waals surface area contributed by atoms with Crippen molar-refractivity contribution in [3.05, 3.63) is 89.2 Å². The van der Waals surface area contributed by atoms with Gasteiger partial charge in [-0.15, -0.1) is 0 Å². The lowest BCUT2D eigenvalue weighted by atomic mass is 10.0. The molecule has 0 bridgehead atoms. The molecular formula is C25H26ClN3O2. The average molecular weight is 436 g/mol. The number of piperidine rings is 1. The Bertz CT molecular complexity index is 1010. The van der Waals surface area contributed by atoms with Gasteiger partial charge in [-0.2, -0.15) is 0 Å². The Morgan fingerprint density at radius 3 is 2.23 bits per heavy atom. The molecule has 0 atom stereocenters. The monoisotopic (exact) mass is 435 g/mol. The predicted molar refractivity (Wildman–Crippen MR) is 123 cm³/mol. The number of carbonyl (C=O) groups is 2. The predicted octanol–water partition coefficient (Wildman–Crippen LogP) is 4.48. The van der Waals surface area contributed by atoms with Crippen molar-refractivity contribution in [2.45, 2.75) is 31.7 Å². The van der Waals surface area contributed by atoms with Crippen LogP contribution in [0.3, 0.4) is 0 Å². The van der Waals surface area contributed by atoms with Crippen molar-refractivity contribution in [3.8, 4) is 5.69 Å². The van der Waals surface area contributed by atoms with Crippen molar-refractivity contribution in [2.24, 2.45) is 0 Å². The zero-order chi connectivity index (χ0) is 21.6. The van der Waals surface area contributed by atoms with Gasteiger partial charge in [-0.1, -0.05) is 23.7 Å². The number of aryl methyl sites for hydroxylation is 1. The lowest BCUT2D eigenvalue weighted by Gasteiger charge is -2.32. The molecule has 2 amide bonds. The largest absolute Gasteiger partial charge is 0.353 e.